The third-order valence-corrected chi connectivity index (χ3v) is 3.15. The van der Waals surface area contributed by atoms with Crippen molar-refractivity contribution in [3.63, 3.8) is 0 Å². The molecule has 5 nitrogen and oxygen atoms in total. The molecule has 1 aromatic heterocycles. The SMILES string of the molecule is CCCC1(c2nc(N(C)C)no2)CCCN1. The normalized spacial score (nSPS) is 24.9. The van der Waals surface area contributed by atoms with E-state index in [0.29, 0.717) is 5.95 Å². The van der Waals surface area contributed by atoms with Gasteiger partial charge in [-0.3, -0.25) is 0 Å². The van der Waals surface area contributed by atoms with Crippen molar-refractivity contribution < 1.29 is 4.52 Å². The molecule has 1 N–H and O–H groups in total. The summed E-state index contributed by atoms with van der Waals surface area (Å²) >= 11 is 0. The second-order valence-electron chi connectivity index (χ2n) is 4.66. The fourth-order valence-corrected chi connectivity index (χ4v) is 2.33. The van der Waals surface area contributed by atoms with Crippen LogP contribution in [0.15, 0.2) is 4.52 Å². The molecule has 1 atom stereocenters. The molecule has 1 aliphatic heterocycles. The first-order chi connectivity index (χ1) is 7.68. The Morgan fingerprint density at radius 2 is 2.31 bits per heavy atom. The molecule has 2 heterocycles. The van der Waals surface area contributed by atoms with Gasteiger partial charge in [0.15, 0.2) is 0 Å². The smallest absolute Gasteiger partial charge is 0.265 e. The van der Waals surface area contributed by atoms with Crippen molar-refractivity contribution in [2.24, 2.45) is 0 Å². The van der Waals surface area contributed by atoms with Gasteiger partial charge in [0, 0.05) is 14.1 Å². The fourth-order valence-electron chi connectivity index (χ4n) is 2.33. The quantitative estimate of drug-likeness (QED) is 0.840. The van der Waals surface area contributed by atoms with Crippen LogP contribution in [-0.4, -0.2) is 30.8 Å². The predicted molar refractivity (Wildman–Crippen MR) is 62.4 cm³/mol. The van der Waals surface area contributed by atoms with Crippen molar-refractivity contribution in [2.45, 2.75) is 38.1 Å². The average molecular weight is 224 g/mol. The Morgan fingerprint density at radius 3 is 2.81 bits per heavy atom. The summed E-state index contributed by atoms with van der Waals surface area (Å²) in [5, 5.41) is 7.51. The highest BCUT2D eigenvalue weighted by Crippen LogP contribution is 2.34. The van der Waals surface area contributed by atoms with Crippen molar-refractivity contribution in [1.29, 1.82) is 0 Å². The molecule has 2 rings (SSSR count). The highest BCUT2D eigenvalue weighted by atomic mass is 16.5. The standard InChI is InChI=1S/C11H20N4O/c1-4-6-11(7-5-8-12-11)9-13-10(14-16-9)15(2)3/h12H,4-8H2,1-3H3. The lowest BCUT2D eigenvalue weighted by Crippen LogP contribution is -2.37. The van der Waals surface area contributed by atoms with Gasteiger partial charge in [-0.2, -0.15) is 4.98 Å². The number of hydrogen-bond donors (Lipinski definition) is 1. The zero-order valence-electron chi connectivity index (χ0n) is 10.3. The maximum Gasteiger partial charge on any atom is 0.265 e. The Kier molecular flexibility index (Phi) is 3.14. The van der Waals surface area contributed by atoms with E-state index < -0.39 is 0 Å². The van der Waals surface area contributed by atoms with Gasteiger partial charge in [0.2, 0.25) is 5.89 Å². The fraction of sp³-hybridized carbons (Fsp3) is 0.818. The average Bonchev–Trinajstić information content (AvgIpc) is 2.85. The van der Waals surface area contributed by atoms with Crippen LogP contribution < -0.4 is 10.2 Å². The van der Waals surface area contributed by atoms with Gasteiger partial charge < -0.3 is 14.7 Å². The van der Waals surface area contributed by atoms with Gasteiger partial charge in [0.05, 0.1) is 5.54 Å². The van der Waals surface area contributed by atoms with Crippen LogP contribution in [0.2, 0.25) is 0 Å². The summed E-state index contributed by atoms with van der Waals surface area (Å²) in [5.74, 6) is 1.40. The number of aromatic nitrogens is 2. The summed E-state index contributed by atoms with van der Waals surface area (Å²) in [4.78, 5) is 6.33. The zero-order chi connectivity index (χ0) is 11.6. The molecular formula is C11H20N4O. The molecule has 1 aliphatic rings. The number of rotatable bonds is 4. The Hall–Kier alpha value is -1.10. The van der Waals surface area contributed by atoms with Crippen LogP contribution in [0.25, 0.3) is 0 Å². The van der Waals surface area contributed by atoms with Crippen LogP contribution in [0.3, 0.4) is 0 Å². The lowest BCUT2D eigenvalue weighted by Gasteiger charge is -2.24. The largest absolute Gasteiger partial charge is 0.344 e. The van der Waals surface area contributed by atoms with Crippen LogP contribution in [0, 0.1) is 0 Å². The maximum absolute atomic E-state index is 5.40. The third-order valence-electron chi connectivity index (χ3n) is 3.15. The molecule has 0 aliphatic carbocycles. The van der Waals surface area contributed by atoms with Gasteiger partial charge in [-0.1, -0.05) is 13.3 Å². The van der Waals surface area contributed by atoms with Crippen LogP contribution in [-0.2, 0) is 5.54 Å². The first-order valence-corrected chi connectivity index (χ1v) is 5.94. The van der Waals surface area contributed by atoms with E-state index in [1.807, 2.05) is 19.0 Å². The highest BCUT2D eigenvalue weighted by Gasteiger charge is 2.39. The summed E-state index contributed by atoms with van der Waals surface area (Å²) < 4.78 is 5.40. The second kappa shape index (κ2) is 4.41. The van der Waals surface area contributed by atoms with Crippen molar-refractivity contribution in [3.05, 3.63) is 5.89 Å². The van der Waals surface area contributed by atoms with Gasteiger partial charge in [-0.25, -0.2) is 0 Å². The molecule has 0 amide bonds. The zero-order valence-corrected chi connectivity index (χ0v) is 10.3. The highest BCUT2D eigenvalue weighted by molar-refractivity contribution is 5.25. The molecule has 0 radical (unpaired) electrons. The minimum absolute atomic E-state index is 0.0734. The molecule has 5 heteroatoms. The summed E-state index contributed by atoms with van der Waals surface area (Å²) in [7, 11) is 3.84. The molecule has 1 aromatic rings. The minimum Gasteiger partial charge on any atom is -0.344 e. The number of nitrogens with zero attached hydrogens (tertiary/aromatic N) is 3. The van der Waals surface area contributed by atoms with Gasteiger partial charge in [0.25, 0.3) is 5.95 Å². The van der Waals surface area contributed by atoms with E-state index >= 15 is 0 Å². The first kappa shape index (κ1) is 11.4. The predicted octanol–water partition coefficient (Wildman–Crippen LogP) is 1.51. The van der Waals surface area contributed by atoms with Crippen molar-refractivity contribution in [1.82, 2.24) is 15.5 Å². The molecule has 0 saturated carbocycles. The van der Waals surface area contributed by atoms with E-state index in [1.54, 1.807) is 0 Å². The molecule has 1 unspecified atom stereocenters. The van der Waals surface area contributed by atoms with Crippen LogP contribution >= 0.6 is 0 Å². The Bertz CT molecular complexity index is 342. The van der Waals surface area contributed by atoms with E-state index in [9.17, 15) is 0 Å². The van der Waals surface area contributed by atoms with Crippen LogP contribution in [0.4, 0.5) is 5.95 Å². The topological polar surface area (TPSA) is 54.2 Å². The molecular weight excluding hydrogens is 204 g/mol. The summed E-state index contributed by atoms with van der Waals surface area (Å²) in [5.41, 5.74) is -0.0734. The second-order valence-corrected chi connectivity index (χ2v) is 4.66. The van der Waals surface area contributed by atoms with Gasteiger partial charge in [-0.15, -0.1) is 0 Å². The number of hydrogen-bond acceptors (Lipinski definition) is 5. The van der Waals surface area contributed by atoms with E-state index in [-0.39, 0.29) is 5.54 Å². The van der Waals surface area contributed by atoms with E-state index in [1.165, 1.54) is 6.42 Å². The van der Waals surface area contributed by atoms with Gasteiger partial charge >= 0.3 is 0 Å². The molecule has 16 heavy (non-hydrogen) atoms. The van der Waals surface area contributed by atoms with Gasteiger partial charge in [0.1, 0.15) is 0 Å². The van der Waals surface area contributed by atoms with Crippen molar-refractivity contribution >= 4 is 5.95 Å². The molecule has 0 aromatic carbocycles. The molecule has 1 saturated heterocycles. The Morgan fingerprint density at radius 1 is 1.50 bits per heavy atom. The van der Waals surface area contributed by atoms with E-state index in [2.05, 4.69) is 22.4 Å². The lowest BCUT2D eigenvalue weighted by atomic mass is 9.92. The maximum atomic E-state index is 5.40. The minimum atomic E-state index is -0.0734. The lowest BCUT2D eigenvalue weighted by molar-refractivity contribution is 0.241. The number of anilines is 1. The van der Waals surface area contributed by atoms with Crippen LogP contribution in [0.1, 0.15) is 38.5 Å². The molecule has 0 spiro atoms. The van der Waals surface area contributed by atoms with E-state index in [0.717, 1.165) is 31.7 Å². The molecule has 90 valence electrons. The summed E-state index contributed by atoms with van der Waals surface area (Å²) in [6.45, 7) is 3.23. The summed E-state index contributed by atoms with van der Waals surface area (Å²) in [6, 6.07) is 0. The monoisotopic (exact) mass is 224 g/mol. The third kappa shape index (κ3) is 1.91. The molecule has 1 fully saturated rings. The van der Waals surface area contributed by atoms with Gasteiger partial charge in [-0.05, 0) is 31.0 Å². The molecule has 0 bridgehead atoms. The Balaban J connectivity index is 2.24. The van der Waals surface area contributed by atoms with Crippen molar-refractivity contribution in [3.8, 4) is 0 Å². The van der Waals surface area contributed by atoms with Crippen molar-refractivity contribution in [2.75, 3.05) is 25.5 Å². The summed E-state index contributed by atoms with van der Waals surface area (Å²) in [6.07, 6.45) is 4.45. The number of nitrogens with one attached hydrogen (secondary N) is 1. The van der Waals surface area contributed by atoms with E-state index in [4.69, 9.17) is 4.52 Å². The Labute approximate surface area is 96.2 Å². The first-order valence-electron chi connectivity index (χ1n) is 5.94. The van der Waals surface area contributed by atoms with Crippen LogP contribution in [0.5, 0.6) is 0 Å².